The number of hydrogen-bond acceptors (Lipinski definition) is 7. The van der Waals surface area contributed by atoms with E-state index in [9.17, 15) is 4.79 Å². The lowest BCUT2D eigenvalue weighted by atomic mass is 10.1. The lowest BCUT2D eigenvalue weighted by Gasteiger charge is -2.17. The van der Waals surface area contributed by atoms with Crippen LogP contribution in [0.15, 0.2) is 61.3 Å². The first-order valence-electron chi connectivity index (χ1n) is 12.7. The highest BCUT2D eigenvalue weighted by molar-refractivity contribution is 9.10. The van der Waals surface area contributed by atoms with Gasteiger partial charge in [-0.05, 0) is 71.2 Å². The van der Waals surface area contributed by atoms with Crippen molar-refractivity contribution in [1.82, 2.24) is 9.66 Å². The maximum atomic E-state index is 13.5. The van der Waals surface area contributed by atoms with Crippen molar-refractivity contribution in [3.8, 4) is 23.0 Å². The quantitative estimate of drug-likeness (QED) is 0.168. The van der Waals surface area contributed by atoms with Crippen molar-refractivity contribution in [2.45, 2.75) is 39.7 Å². The van der Waals surface area contributed by atoms with Crippen LogP contribution in [0.5, 0.6) is 23.0 Å². The molecule has 0 unspecified atom stereocenters. The Hall–Kier alpha value is -3.08. The first kappa shape index (κ1) is 28.4. The molecule has 1 aromatic heterocycles. The molecule has 0 saturated carbocycles. The molecule has 3 aromatic carbocycles. The third-order valence-electron chi connectivity index (χ3n) is 6.47. The third-order valence-corrected chi connectivity index (χ3v) is 8.41. The summed E-state index contributed by atoms with van der Waals surface area (Å²) in [7, 11) is 0. The molecule has 8 nitrogen and oxygen atoms in total. The van der Waals surface area contributed by atoms with Crippen LogP contribution in [0.2, 0.25) is 5.02 Å². The van der Waals surface area contributed by atoms with Gasteiger partial charge in [-0.25, -0.2) is 4.98 Å². The van der Waals surface area contributed by atoms with Crippen LogP contribution >= 0.6 is 43.5 Å². The Kier molecular flexibility index (Phi) is 8.68. The van der Waals surface area contributed by atoms with Crippen molar-refractivity contribution in [3.63, 3.8) is 0 Å². The number of rotatable bonds is 9. The molecule has 1 atom stereocenters. The summed E-state index contributed by atoms with van der Waals surface area (Å²) in [6.07, 6.45) is 2.36. The first-order valence-corrected chi connectivity index (χ1v) is 14.7. The van der Waals surface area contributed by atoms with Crippen molar-refractivity contribution in [1.29, 1.82) is 0 Å². The zero-order chi connectivity index (χ0) is 28.4. The fourth-order valence-electron chi connectivity index (χ4n) is 4.18. The maximum absolute atomic E-state index is 13.5. The maximum Gasteiger partial charge on any atom is 0.282 e. The van der Waals surface area contributed by atoms with Gasteiger partial charge in [0.1, 0.15) is 17.5 Å². The van der Waals surface area contributed by atoms with Gasteiger partial charge in [-0.3, -0.25) is 4.79 Å². The minimum atomic E-state index is -0.256. The second-order valence-corrected chi connectivity index (χ2v) is 11.2. The monoisotopic (exact) mass is 689 g/mol. The summed E-state index contributed by atoms with van der Waals surface area (Å²) in [4.78, 5) is 18.3. The molecule has 0 aliphatic carbocycles. The summed E-state index contributed by atoms with van der Waals surface area (Å²) >= 11 is 13.8. The fourth-order valence-corrected chi connectivity index (χ4v) is 5.20. The molecule has 0 spiro atoms. The summed E-state index contributed by atoms with van der Waals surface area (Å²) in [6.45, 7) is 6.78. The van der Waals surface area contributed by atoms with Crippen molar-refractivity contribution in [2.24, 2.45) is 5.10 Å². The molecule has 1 aliphatic heterocycles. The number of fused-ring (bicyclic) bond motifs is 2. The van der Waals surface area contributed by atoms with Crippen LogP contribution in [0.3, 0.4) is 0 Å². The highest BCUT2D eigenvalue weighted by atomic mass is 79.9. The molecule has 208 valence electrons. The largest absolute Gasteiger partial charge is 0.490 e. The zero-order valence-electron chi connectivity index (χ0n) is 22.0. The van der Waals surface area contributed by atoms with Gasteiger partial charge in [0.05, 0.1) is 23.7 Å². The number of hydrogen-bond donors (Lipinski definition) is 0. The zero-order valence-corrected chi connectivity index (χ0v) is 26.0. The summed E-state index contributed by atoms with van der Waals surface area (Å²) < 4.78 is 25.5. The van der Waals surface area contributed by atoms with E-state index >= 15 is 0 Å². The predicted octanol–water partition coefficient (Wildman–Crippen LogP) is 7.68. The van der Waals surface area contributed by atoms with E-state index in [0.29, 0.717) is 61.4 Å². The van der Waals surface area contributed by atoms with Gasteiger partial charge >= 0.3 is 0 Å². The average molecular weight is 692 g/mol. The Balaban J connectivity index is 1.51. The molecule has 40 heavy (non-hydrogen) atoms. The molecule has 0 amide bonds. The molecule has 5 rings (SSSR count). The summed E-state index contributed by atoms with van der Waals surface area (Å²) in [5.74, 6) is 2.80. The van der Waals surface area contributed by atoms with E-state index in [1.807, 2.05) is 51.1 Å². The third kappa shape index (κ3) is 5.70. The molecule has 11 heteroatoms. The molecule has 0 saturated heterocycles. The van der Waals surface area contributed by atoms with Crippen LogP contribution in [-0.2, 0) is 6.61 Å². The van der Waals surface area contributed by atoms with Crippen LogP contribution < -0.4 is 24.5 Å². The van der Waals surface area contributed by atoms with Gasteiger partial charge in [-0.2, -0.15) is 9.78 Å². The molecule has 4 aromatic rings. The summed E-state index contributed by atoms with van der Waals surface area (Å²) in [6, 6.07) is 12.8. The first-order chi connectivity index (χ1) is 19.3. The van der Waals surface area contributed by atoms with Gasteiger partial charge in [0.2, 0.25) is 6.79 Å². The molecule has 2 heterocycles. The van der Waals surface area contributed by atoms with Gasteiger partial charge < -0.3 is 18.9 Å². The second kappa shape index (κ2) is 12.2. The van der Waals surface area contributed by atoms with Crippen molar-refractivity contribution >= 4 is 60.6 Å². The van der Waals surface area contributed by atoms with E-state index in [1.54, 1.807) is 18.3 Å². The molecular weight excluding hydrogens is 666 g/mol. The number of ether oxygens (including phenoxy) is 4. The van der Waals surface area contributed by atoms with E-state index in [0.717, 1.165) is 16.5 Å². The number of nitrogens with zero attached hydrogens (tertiary/aromatic N) is 3. The van der Waals surface area contributed by atoms with Crippen molar-refractivity contribution in [2.75, 3.05) is 13.4 Å². The Morgan fingerprint density at radius 2 is 1.93 bits per heavy atom. The van der Waals surface area contributed by atoms with Crippen molar-refractivity contribution in [3.05, 3.63) is 83.7 Å². The Labute approximate surface area is 253 Å². The minimum absolute atomic E-state index is 0.0101. The van der Waals surface area contributed by atoms with E-state index in [-0.39, 0.29) is 24.9 Å². The Morgan fingerprint density at radius 1 is 1.12 bits per heavy atom. The van der Waals surface area contributed by atoms with E-state index < -0.39 is 0 Å². The fraction of sp³-hybridized carbons (Fsp3) is 0.276. The lowest BCUT2D eigenvalue weighted by molar-refractivity contribution is 0.174. The topological polar surface area (TPSA) is 84.2 Å². The van der Waals surface area contributed by atoms with Crippen LogP contribution in [0, 0.1) is 0 Å². The van der Waals surface area contributed by atoms with Gasteiger partial charge in [-0.1, -0.05) is 47.4 Å². The minimum Gasteiger partial charge on any atom is -0.490 e. The molecule has 1 aliphatic rings. The Morgan fingerprint density at radius 3 is 2.70 bits per heavy atom. The van der Waals surface area contributed by atoms with Crippen LogP contribution in [-0.4, -0.2) is 29.3 Å². The van der Waals surface area contributed by atoms with E-state index in [4.69, 9.17) is 35.5 Å². The van der Waals surface area contributed by atoms with Gasteiger partial charge in [-0.15, -0.1) is 0 Å². The van der Waals surface area contributed by atoms with Gasteiger partial charge in [0, 0.05) is 20.4 Å². The Bertz CT molecular complexity index is 1670. The highest BCUT2D eigenvalue weighted by Gasteiger charge is 2.20. The second-order valence-electron chi connectivity index (χ2n) is 9.13. The highest BCUT2D eigenvalue weighted by Crippen LogP contribution is 2.43. The summed E-state index contributed by atoms with van der Waals surface area (Å²) in [5, 5.41) is 5.37. The smallest absolute Gasteiger partial charge is 0.282 e. The normalized spacial score (nSPS) is 13.2. The lowest BCUT2D eigenvalue weighted by Crippen LogP contribution is -2.23. The van der Waals surface area contributed by atoms with Gasteiger partial charge in [0.15, 0.2) is 23.0 Å². The molecule has 0 bridgehead atoms. The number of halogens is 3. The molecule has 0 radical (unpaired) electrons. The molecule has 0 fully saturated rings. The number of benzene rings is 3. The predicted molar refractivity (Wildman–Crippen MR) is 163 cm³/mol. The van der Waals surface area contributed by atoms with Crippen LogP contribution in [0.25, 0.3) is 10.9 Å². The van der Waals surface area contributed by atoms with E-state index in [2.05, 4.69) is 37.0 Å². The van der Waals surface area contributed by atoms with Crippen molar-refractivity contribution < 1.29 is 18.9 Å². The summed E-state index contributed by atoms with van der Waals surface area (Å²) in [5.41, 5.74) is 1.87. The number of aromatic nitrogens is 2. The standard InChI is InChI=1S/C29H26Br2ClN3O5/c1-4-16(3)28-34-21-8-7-19(30)12-20(21)29(36)35(28)33-13-18-11-24(37-5-2)27(26(32)25(18)31)38-14-17-6-9-22-23(10-17)40-15-39-22/h6-13,16H,4-5,14-15H2,1-3H3/t16-/m1/s1. The van der Waals surface area contributed by atoms with E-state index in [1.165, 1.54) is 4.68 Å². The SMILES string of the molecule is CCOc1cc(C=Nn2c([C@H](C)CC)nc3ccc(Br)cc3c2=O)c(Br)c(Cl)c1OCc1ccc2c(c1)OCO2. The van der Waals surface area contributed by atoms with Crippen LogP contribution in [0.1, 0.15) is 50.1 Å². The molecule has 0 N–H and O–H groups in total. The average Bonchev–Trinajstić information content (AvgIpc) is 3.42. The van der Waals surface area contributed by atoms with Crippen LogP contribution in [0.4, 0.5) is 0 Å². The molecular formula is C29H26Br2ClN3O5. The van der Waals surface area contributed by atoms with Gasteiger partial charge in [0.25, 0.3) is 5.56 Å².